The number of rotatable bonds is 5. The van der Waals surface area contributed by atoms with E-state index in [1.54, 1.807) is 23.1 Å². The van der Waals surface area contributed by atoms with E-state index >= 15 is 0 Å². The number of benzene rings is 1. The molecule has 4 rings (SSSR count). The van der Waals surface area contributed by atoms with E-state index in [1.165, 1.54) is 12.1 Å². The number of fused-ring (bicyclic) bond motifs is 1. The van der Waals surface area contributed by atoms with Gasteiger partial charge in [-0.1, -0.05) is 12.1 Å². The number of carbonyl (C=O) groups is 1. The number of urea groups is 1. The number of hydrogen-bond acceptors (Lipinski definition) is 4. The molecule has 1 atom stereocenters. The number of nitrogens with zero attached hydrogens (tertiary/aromatic N) is 2. The van der Waals surface area contributed by atoms with Crippen LogP contribution in [0.2, 0.25) is 0 Å². The summed E-state index contributed by atoms with van der Waals surface area (Å²) in [6, 6.07) is 7.36. The monoisotopic (exact) mass is 452 g/mol. The summed E-state index contributed by atoms with van der Waals surface area (Å²) in [5, 5.41) is 6.12. The van der Waals surface area contributed by atoms with E-state index in [1.807, 2.05) is 0 Å². The van der Waals surface area contributed by atoms with E-state index in [0.29, 0.717) is 16.8 Å². The molecule has 10 heteroatoms. The summed E-state index contributed by atoms with van der Waals surface area (Å²) in [6.07, 6.45) is -3.81. The molecule has 1 unspecified atom stereocenters. The maximum atomic E-state index is 13.2. The standard InChI is InChI=1S/C22H24F4N4O2/c23-16-2-3-17(28-12-16)13-30(18-5-7-27-8-6-18)21(31)29-11-14-1-4-19-15(9-14)10-20(32-19)22(24,25)26/h1-4,9,12,18,20,27H,5-8,10-11,13H2,(H,29,31). The number of halogens is 4. The lowest BCUT2D eigenvalue weighted by Crippen LogP contribution is -2.49. The Balaban J connectivity index is 1.42. The third kappa shape index (κ3) is 5.29. The average Bonchev–Trinajstić information content (AvgIpc) is 3.22. The number of nitrogens with one attached hydrogen (secondary N) is 2. The molecule has 0 bridgehead atoms. The number of pyridine rings is 1. The van der Waals surface area contributed by atoms with Gasteiger partial charge < -0.3 is 20.3 Å². The highest BCUT2D eigenvalue weighted by molar-refractivity contribution is 5.74. The average molecular weight is 452 g/mol. The molecule has 1 aromatic carbocycles. The van der Waals surface area contributed by atoms with Gasteiger partial charge in [0.05, 0.1) is 18.4 Å². The van der Waals surface area contributed by atoms with Crippen molar-refractivity contribution in [1.29, 1.82) is 0 Å². The lowest BCUT2D eigenvalue weighted by molar-refractivity contribution is -0.189. The van der Waals surface area contributed by atoms with Crippen LogP contribution in [-0.4, -0.2) is 47.3 Å². The summed E-state index contributed by atoms with van der Waals surface area (Å²) < 4.78 is 57.0. The summed E-state index contributed by atoms with van der Waals surface area (Å²) in [7, 11) is 0. The van der Waals surface area contributed by atoms with Crippen molar-refractivity contribution in [2.75, 3.05) is 13.1 Å². The number of carbonyl (C=O) groups excluding carboxylic acids is 1. The van der Waals surface area contributed by atoms with Gasteiger partial charge in [-0.3, -0.25) is 4.98 Å². The van der Waals surface area contributed by atoms with E-state index in [0.717, 1.165) is 32.1 Å². The van der Waals surface area contributed by atoms with Crippen LogP contribution in [0, 0.1) is 5.82 Å². The Kier molecular flexibility index (Phi) is 6.50. The van der Waals surface area contributed by atoms with E-state index in [2.05, 4.69) is 15.6 Å². The second-order valence-corrected chi connectivity index (χ2v) is 8.03. The minimum atomic E-state index is -4.42. The van der Waals surface area contributed by atoms with Crippen LogP contribution >= 0.6 is 0 Å². The van der Waals surface area contributed by atoms with Gasteiger partial charge in [0, 0.05) is 19.0 Å². The van der Waals surface area contributed by atoms with E-state index in [9.17, 15) is 22.4 Å². The molecule has 0 spiro atoms. The molecule has 3 heterocycles. The fraction of sp³-hybridized carbons (Fsp3) is 0.455. The topological polar surface area (TPSA) is 66.5 Å². The molecule has 1 aromatic heterocycles. The van der Waals surface area contributed by atoms with E-state index < -0.39 is 18.1 Å². The highest BCUT2D eigenvalue weighted by atomic mass is 19.4. The number of amides is 2. The number of alkyl halides is 3. The maximum absolute atomic E-state index is 13.2. The van der Waals surface area contributed by atoms with Crippen LogP contribution in [0.4, 0.5) is 22.4 Å². The molecule has 2 aliphatic heterocycles. The number of ether oxygens (including phenoxy) is 1. The first-order chi connectivity index (χ1) is 15.3. The molecule has 32 heavy (non-hydrogen) atoms. The Morgan fingerprint density at radius 3 is 2.69 bits per heavy atom. The van der Waals surface area contributed by atoms with E-state index in [4.69, 9.17) is 4.74 Å². The van der Waals surface area contributed by atoms with Gasteiger partial charge in [-0.05, 0) is 55.3 Å². The van der Waals surface area contributed by atoms with Gasteiger partial charge in [0.2, 0.25) is 0 Å². The molecule has 0 saturated carbocycles. The minimum absolute atomic E-state index is 0.00377. The molecule has 6 nitrogen and oxygen atoms in total. The Labute approximate surface area is 183 Å². The molecule has 2 aromatic rings. The lowest BCUT2D eigenvalue weighted by Gasteiger charge is -2.34. The first-order valence-corrected chi connectivity index (χ1v) is 10.5. The van der Waals surface area contributed by atoms with Crippen molar-refractivity contribution in [1.82, 2.24) is 20.5 Å². The molecule has 0 radical (unpaired) electrons. The minimum Gasteiger partial charge on any atom is -0.480 e. The number of aromatic nitrogens is 1. The first-order valence-electron chi connectivity index (χ1n) is 10.5. The molecular formula is C22H24F4N4O2. The summed E-state index contributed by atoms with van der Waals surface area (Å²) in [6.45, 7) is 1.98. The predicted molar refractivity (Wildman–Crippen MR) is 108 cm³/mol. The van der Waals surface area contributed by atoms with Gasteiger partial charge in [0.15, 0.2) is 6.10 Å². The van der Waals surface area contributed by atoms with Crippen molar-refractivity contribution in [3.8, 4) is 5.75 Å². The molecular weight excluding hydrogens is 428 g/mol. The highest BCUT2D eigenvalue weighted by Crippen LogP contribution is 2.36. The molecule has 2 aliphatic rings. The third-order valence-corrected chi connectivity index (χ3v) is 5.74. The molecule has 172 valence electrons. The van der Waals surface area contributed by atoms with Crippen molar-refractivity contribution in [3.05, 3.63) is 59.2 Å². The zero-order valence-electron chi connectivity index (χ0n) is 17.3. The van der Waals surface area contributed by atoms with Crippen molar-refractivity contribution >= 4 is 6.03 Å². The smallest absolute Gasteiger partial charge is 0.425 e. The molecule has 2 amide bonds. The zero-order chi connectivity index (χ0) is 22.7. The maximum Gasteiger partial charge on any atom is 0.425 e. The number of piperidine rings is 1. The Hall–Kier alpha value is -2.88. The van der Waals surface area contributed by atoms with Gasteiger partial charge in [-0.25, -0.2) is 9.18 Å². The van der Waals surface area contributed by atoms with E-state index in [-0.39, 0.29) is 37.3 Å². The van der Waals surface area contributed by atoms with Gasteiger partial charge in [0.1, 0.15) is 11.6 Å². The normalized spacial score (nSPS) is 18.7. The van der Waals surface area contributed by atoms with Crippen LogP contribution in [0.5, 0.6) is 5.75 Å². The summed E-state index contributed by atoms with van der Waals surface area (Å²) >= 11 is 0. The molecule has 1 saturated heterocycles. The van der Waals surface area contributed by atoms with Gasteiger partial charge in [-0.15, -0.1) is 0 Å². The Morgan fingerprint density at radius 1 is 1.22 bits per heavy atom. The van der Waals surface area contributed by atoms with Crippen LogP contribution in [0.25, 0.3) is 0 Å². The van der Waals surface area contributed by atoms with Crippen LogP contribution < -0.4 is 15.4 Å². The second-order valence-electron chi connectivity index (χ2n) is 8.03. The summed E-state index contributed by atoms with van der Waals surface area (Å²) in [5.74, 6) is -0.221. The van der Waals surface area contributed by atoms with Crippen molar-refractivity contribution in [2.24, 2.45) is 0 Å². The summed E-state index contributed by atoms with van der Waals surface area (Å²) in [4.78, 5) is 18.8. The van der Waals surface area contributed by atoms with Crippen molar-refractivity contribution in [2.45, 2.75) is 50.7 Å². The quantitative estimate of drug-likeness (QED) is 0.681. The van der Waals surface area contributed by atoms with Crippen LogP contribution in [0.1, 0.15) is 29.7 Å². The Morgan fingerprint density at radius 2 is 2.00 bits per heavy atom. The SMILES string of the molecule is O=C(NCc1ccc2c(c1)CC(C(F)(F)F)O2)N(Cc1ccc(F)cn1)C1CCNCC1. The van der Waals surface area contributed by atoms with Crippen molar-refractivity contribution < 1.29 is 27.1 Å². The third-order valence-electron chi connectivity index (χ3n) is 5.74. The molecule has 0 aliphatic carbocycles. The fourth-order valence-corrected chi connectivity index (χ4v) is 4.03. The fourth-order valence-electron chi connectivity index (χ4n) is 4.03. The Bertz CT molecular complexity index is 946. The highest BCUT2D eigenvalue weighted by Gasteiger charge is 2.45. The van der Waals surface area contributed by atoms with Crippen LogP contribution in [0.15, 0.2) is 36.5 Å². The molecule has 2 N–H and O–H groups in total. The molecule has 1 fully saturated rings. The van der Waals surface area contributed by atoms with Crippen LogP contribution in [0.3, 0.4) is 0 Å². The van der Waals surface area contributed by atoms with Gasteiger partial charge in [0.25, 0.3) is 0 Å². The first kappa shape index (κ1) is 22.3. The van der Waals surface area contributed by atoms with Gasteiger partial charge in [-0.2, -0.15) is 13.2 Å². The predicted octanol–water partition coefficient (Wildman–Crippen LogP) is 3.55. The second kappa shape index (κ2) is 9.32. The largest absolute Gasteiger partial charge is 0.480 e. The zero-order valence-corrected chi connectivity index (χ0v) is 17.3. The van der Waals surface area contributed by atoms with Crippen molar-refractivity contribution in [3.63, 3.8) is 0 Å². The van der Waals surface area contributed by atoms with Crippen LogP contribution in [-0.2, 0) is 19.5 Å². The lowest BCUT2D eigenvalue weighted by atomic mass is 10.0. The van der Waals surface area contributed by atoms with Gasteiger partial charge >= 0.3 is 12.2 Å². The number of hydrogen-bond donors (Lipinski definition) is 2. The summed E-state index contributed by atoms with van der Waals surface area (Å²) in [5.41, 5.74) is 1.74.